The van der Waals surface area contributed by atoms with Crippen molar-refractivity contribution in [2.24, 2.45) is 0 Å². The molecule has 0 aliphatic carbocycles. The SMILES string of the molecule is Cc1oc(-c2ccccc2)nc1COc1ccc(CONC(=CCCC(=O)O)c2ccccc2)cc1. The van der Waals surface area contributed by atoms with Crippen molar-refractivity contribution in [2.45, 2.75) is 33.0 Å². The Bertz CT molecular complexity index is 1280. The van der Waals surface area contributed by atoms with Crippen LogP contribution in [0, 0.1) is 6.92 Å². The van der Waals surface area contributed by atoms with Crippen LogP contribution in [-0.4, -0.2) is 16.1 Å². The third-order valence-corrected chi connectivity index (χ3v) is 5.42. The number of nitrogens with zero attached hydrogens (tertiary/aromatic N) is 1. The van der Waals surface area contributed by atoms with Gasteiger partial charge in [0.15, 0.2) is 0 Å². The Morgan fingerprint density at radius 2 is 1.67 bits per heavy atom. The molecule has 1 aromatic heterocycles. The number of aryl methyl sites for hydroxylation is 1. The first-order valence-corrected chi connectivity index (χ1v) is 11.7. The van der Waals surface area contributed by atoms with E-state index in [4.69, 9.17) is 19.1 Å². The molecule has 36 heavy (non-hydrogen) atoms. The fourth-order valence-electron chi connectivity index (χ4n) is 3.47. The van der Waals surface area contributed by atoms with Crippen LogP contribution in [0.5, 0.6) is 5.75 Å². The van der Waals surface area contributed by atoms with Gasteiger partial charge in [-0.25, -0.2) is 4.98 Å². The number of oxazole rings is 1. The largest absolute Gasteiger partial charge is 0.487 e. The number of hydroxylamine groups is 1. The quantitative estimate of drug-likeness (QED) is 0.233. The van der Waals surface area contributed by atoms with Crippen LogP contribution in [0.3, 0.4) is 0 Å². The molecule has 0 amide bonds. The lowest BCUT2D eigenvalue weighted by Gasteiger charge is -2.12. The molecule has 0 fully saturated rings. The minimum absolute atomic E-state index is 0.0565. The van der Waals surface area contributed by atoms with Gasteiger partial charge in [-0.1, -0.05) is 66.7 Å². The monoisotopic (exact) mass is 484 g/mol. The van der Waals surface area contributed by atoms with Crippen LogP contribution in [0.1, 0.15) is 35.4 Å². The highest BCUT2D eigenvalue weighted by Gasteiger charge is 2.12. The molecule has 0 spiro atoms. The summed E-state index contributed by atoms with van der Waals surface area (Å²) in [6, 6.07) is 27.0. The smallest absolute Gasteiger partial charge is 0.303 e. The summed E-state index contributed by atoms with van der Waals surface area (Å²) in [4.78, 5) is 21.1. The molecule has 7 nitrogen and oxygen atoms in total. The lowest BCUT2D eigenvalue weighted by Crippen LogP contribution is -2.13. The fourth-order valence-corrected chi connectivity index (χ4v) is 3.47. The summed E-state index contributed by atoms with van der Waals surface area (Å²) in [7, 11) is 0. The van der Waals surface area contributed by atoms with Gasteiger partial charge in [0.25, 0.3) is 0 Å². The molecule has 7 heteroatoms. The molecule has 2 N–H and O–H groups in total. The third-order valence-electron chi connectivity index (χ3n) is 5.42. The Morgan fingerprint density at radius 1 is 0.972 bits per heavy atom. The highest BCUT2D eigenvalue weighted by molar-refractivity contribution is 5.68. The Kier molecular flexibility index (Phi) is 8.51. The Morgan fingerprint density at radius 3 is 2.36 bits per heavy atom. The summed E-state index contributed by atoms with van der Waals surface area (Å²) in [5.41, 5.74) is 7.25. The average molecular weight is 485 g/mol. The number of carbonyl (C=O) groups is 1. The summed E-state index contributed by atoms with van der Waals surface area (Å²) in [5, 5.41) is 8.91. The normalized spacial score (nSPS) is 11.3. The van der Waals surface area contributed by atoms with Crippen LogP contribution in [0.15, 0.2) is 95.4 Å². The maximum Gasteiger partial charge on any atom is 0.303 e. The van der Waals surface area contributed by atoms with E-state index in [9.17, 15) is 4.79 Å². The molecule has 184 valence electrons. The average Bonchev–Trinajstić information content (AvgIpc) is 3.28. The first-order valence-electron chi connectivity index (χ1n) is 11.7. The molecule has 0 saturated heterocycles. The molecular weight excluding hydrogens is 456 g/mol. The van der Waals surface area contributed by atoms with Gasteiger partial charge in [0.05, 0.1) is 12.3 Å². The van der Waals surface area contributed by atoms with Gasteiger partial charge >= 0.3 is 5.97 Å². The highest BCUT2D eigenvalue weighted by Crippen LogP contribution is 2.23. The molecule has 4 aromatic rings. The summed E-state index contributed by atoms with van der Waals surface area (Å²) in [5.74, 6) is 1.19. The van der Waals surface area contributed by atoms with Crippen molar-refractivity contribution >= 4 is 11.7 Å². The standard InChI is InChI=1S/C29H28N2O5/c1-21-27(30-29(36-21)24-11-6-3-7-12-24)20-34-25-17-15-22(16-18-25)19-35-31-26(13-8-14-28(32)33)23-9-4-2-5-10-23/h2-7,9-13,15-18,31H,8,14,19-20H2,1H3,(H,32,33). The fraction of sp³-hybridized carbons (Fsp3) is 0.172. The van der Waals surface area contributed by atoms with Crippen LogP contribution in [0.4, 0.5) is 0 Å². The zero-order valence-corrected chi connectivity index (χ0v) is 20.0. The highest BCUT2D eigenvalue weighted by atomic mass is 16.6. The number of benzene rings is 3. The van der Waals surface area contributed by atoms with Crippen molar-refractivity contribution in [1.82, 2.24) is 10.5 Å². The zero-order valence-electron chi connectivity index (χ0n) is 20.0. The van der Waals surface area contributed by atoms with Gasteiger partial charge < -0.3 is 14.3 Å². The number of hydrogen-bond acceptors (Lipinski definition) is 6. The van der Waals surface area contributed by atoms with Gasteiger partial charge in [0.2, 0.25) is 5.89 Å². The molecule has 0 atom stereocenters. The number of carboxylic acid groups (broad SMARTS) is 1. The minimum Gasteiger partial charge on any atom is -0.487 e. The molecule has 0 unspecified atom stereocenters. The first kappa shape index (κ1) is 24.8. The van der Waals surface area contributed by atoms with Crippen molar-refractivity contribution in [2.75, 3.05) is 0 Å². The molecule has 1 heterocycles. The number of rotatable bonds is 12. The number of carboxylic acids is 1. The van der Waals surface area contributed by atoms with Crippen molar-refractivity contribution in [3.8, 4) is 17.2 Å². The first-order chi connectivity index (χ1) is 17.6. The van der Waals surface area contributed by atoms with Crippen LogP contribution in [-0.2, 0) is 22.8 Å². The minimum atomic E-state index is -0.836. The van der Waals surface area contributed by atoms with Crippen molar-refractivity contribution in [1.29, 1.82) is 0 Å². The predicted octanol–water partition coefficient (Wildman–Crippen LogP) is 6.16. The zero-order chi connectivity index (χ0) is 25.2. The van der Waals surface area contributed by atoms with Crippen LogP contribution < -0.4 is 10.2 Å². The van der Waals surface area contributed by atoms with E-state index in [-0.39, 0.29) is 6.42 Å². The molecule has 0 aliphatic rings. The van der Waals surface area contributed by atoms with E-state index in [2.05, 4.69) is 10.5 Å². The summed E-state index contributed by atoms with van der Waals surface area (Å²) >= 11 is 0. The number of nitrogens with one attached hydrogen (secondary N) is 1. The second-order valence-corrected chi connectivity index (χ2v) is 8.13. The Labute approximate surface area is 210 Å². The van der Waals surface area contributed by atoms with Gasteiger partial charge in [0, 0.05) is 12.0 Å². The summed E-state index contributed by atoms with van der Waals surface area (Å²) in [6.45, 7) is 2.51. The van der Waals surface area contributed by atoms with E-state index in [0.29, 0.717) is 31.3 Å². The Hall–Kier alpha value is -4.36. The van der Waals surface area contributed by atoms with Crippen molar-refractivity contribution in [3.05, 3.63) is 114 Å². The Balaban J connectivity index is 1.29. The number of aromatic nitrogens is 1. The van der Waals surface area contributed by atoms with E-state index in [0.717, 1.165) is 33.8 Å². The maximum absolute atomic E-state index is 10.8. The molecule has 0 radical (unpaired) electrons. The van der Waals surface area contributed by atoms with Crippen LogP contribution >= 0.6 is 0 Å². The van der Waals surface area contributed by atoms with Crippen LogP contribution in [0.2, 0.25) is 0 Å². The van der Waals surface area contributed by atoms with Crippen LogP contribution in [0.25, 0.3) is 17.2 Å². The third kappa shape index (κ3) is 7.07. The van der Waals surface area contributed by atoms with Crippen molar-refractivity contribution in [3.63, 3.8) is 0 Å². The predicted molar refractivity (Wildman–Crippen MR) is 137 cm³/mol. The topological polar surface area (TPSA) is 93.8 Å². The number of ether oxygens (including phenoxy) is 1. The van der Waals surface area contributed by atoms with Gasteiger partial charge in [-0.2, -0.15) is 0 Å². The van der Waals surface area contributed by atoms with Gasteiger partial charge in [0.1, 0.15) is 23.8 Å². The molecule has 3 aromatic carbocycles. The summed E-state index contributed by atoms with van der Waals surface area (Å²) in [6.07, 6.45) is 2.29. The van der Waals surface area contributed by atoms with Crippen molar-refractivity contribution < 1.29 is 23.9 Å². The van der Waals surface area contributed by atoms with E-state index >= 15 is 0 Å². The second kappa shape index (κ2) is 12.4. The molecular formula is C29H28N2O5. The van der Waals surface area contributed by atoms with E-state index < -0.39 is 5.97 Å². The van der Waals surface area contributed by atoms with Gasteiger partial charge in [-0.05, 0) is 48.7 Å². The summed E-state index contributed by atoms with van der Waals surface area (Å²) < 4.78 is 11.7. The molecule has 4 rings (SSSR count). The van der Waals surface area contributed by atoms with E-state index in [1.165, 1.54) is 0 Å². The maximum atomic E-state index is 10.8. The number of hydrogen-bond donors (Lipinski definition) is 2. The molecule has 0 aliphatic heterocycles. The number of allylic oxidation sites excluding steroid dienone is 1. The lowest BCUT2D eigenvalue weighted by atomic mass is 10.1. The second-order valence-electron chi connectivity index (χ2n) is 8.13. The number of aliphatic carboxylic acids is 1. The molecule has 0 bridgehead atoms. The van der Waals surface area contributed by atoms with Gasteiger partial charge in [-0.3, -0.25) is 15.1 Å². The molecule has 0 saturated carbocycles. The lowest BCUT2D eigenvalue weighted by molar-refractivity contribution is -0.136. The van der Waals surface area contributed by atoms with E-state index in [1.54, 1.807) is 0 Å². The van der Waals surface area contributed by atoms with Gasteiger partial charge in [-0.15, -0.1) is 0 Å². The van der Waals surface area contributed by atoms with E-state index in [1.807, 2.05) is 97.9 Å².